The average Bonchev–Trinajstić information content (AvgIpc) is 2.63. The molecule has 3 nitrogen and oxygen atoms in total. The summed E-state index contributed by atoms with van der Waals surface area (Å²) in [5.74, 6) is 0.206. The van der Waals surface area contributed by atoms with Crippen LogP contribution in [0.5, 0.6) is 0 Å². The molecule has 1 aromatic heterocycles. The summed E-state index contributed by atoms with van der Waals surface area (Å²) in [6, 6.07) is 15.6. The predicted molar refractivity (Wildman–Crippen MR) is 98.5 cm³/mol. The van der Waals surface area contributed by atoms with Crippen LogP contribution in [0.15, 0.2) is 57.7 Å². The van der Waals surface area contributed by atoms with Crippen molar-refractivity contribution in [1.82, 2.24) is 4.57 Å². The largest absolute Gasteiger partial charge is 0.425 e. The molecule has 0 atom stereocenters. The van der Waals surface area contributed by atoms with Crippen molar-refractivity contribution >= 4 is 23.2 Å². The minimum Gasteiger partial charge on any atom is -0.409 e. The van der Waals surface area contributed by atoms with Gasteiger partial charge < -0.3 is 4.42 Å². The van der Waals surface area contributed by atoms with Gasteiger partial charge in [0.05, 0.1) is 11.1 Å². The van der Waals surface area contributed by atoms with E-state index in [2.05, 4.69) is 12.1 Å². The van der Waals surface area contributed by atoms with E-state index in [9.17, 15) is 4.79 Å². The highest BCUT2D eigenvalue weighted by Gasteiger charge is 2.16. The lowest BCUT2D eigenvalue weighted by Crippen LogP contribution is -2.18. The van der Waals surface area contributed by atoms with Gasteiger partial charge in [0.1, 0.15) is 10.2 Å². The van der Waals surface area contributed by atoms with E-state index in [1.165, 1.54) is 42.2 Å². The third-order valence-electron chi connectivity index (χ3n) is 4.93. The molecule has 0 unspecified atom stereocenters. The molecule has 122 valence electrons. The summed E-state index contributed by atoms with van der Waals surface area (Å²) < 4.78 is 7.38. The van der Waals surface area contributed by atoms with Crippen molar-refractivity contribution in [3.63, 3.8) is 0 Å². The van der Waals surface area contributed by atoms with Crippen molar-refractivity contribution in [2.45, 2.75) is 38.0 Å². The molecular weight excluding hydrogens is 318 g/mol. The Morgan fingerprint density at radius 2 is 1.67 bits per heavy atom. The summed E-state index contributed by atoms with van der Waals surface area (Å²) in [6.07, 6.45) is 6.49. The summed E-state index contributed by atoms with van der Waals surface area (Å²) >= 11 is 5.52. The molecule has 24 heavy (non-hydrogen) atoms. The molecule has 1 aliphatic rings. The van der Waals surface area contributed by atoms with Crippen LogP contribution in [0.3, 0.4) is 0 Å². The first kappa shape index (κ1) is 15.3. The molecule has 0 N–H and O–H groups in total. The highest BCUT2D eigenvalue weighted by molar-refractivity contribution is 7.71. The molecule has 0 bridgehead atoms. The van der Waals surface area contributed by atoms with Crippen molar-refractivity contribution in [1.29, 1.82) is 0 Å². The van der Waals surface area contributed by atoms with Gasteiger partial charge in [-0.15, -0.1) is 0 Å². The number of rotatable bonds is 2. The van der Waals surface area contributed by atoms with Crippen LogP contribution in [-0.4, -0.2) is 4.57 Å². The van der Waals surface area contributed by atoms with E-state index in [0.717, 1.165) is 11.1 Å². The molecule has 1 aliphatic carbocycles. The lowest BCUT2D eigenvalue weighted by molar-refractivity contribution is 0.443. The van der Waals surface area contributed by atoms with E-state index in [1.54, 1.807) is 6.07 Å². The van der Waals surface area contributed by atoms with Crippen LogP contribution in [0.2, 0.25) is 0 Å². The molecule has 3 aromatic rings. The van der Waals surface area contributed by atoms with Gasteiger partial charge in [0.15, 0.2) is 0 Å². The standard InChI is InChI=1S/C20H19NO2S/c22-20-21(19(24)17-8-4-5-9-18(17)23-20)16-12-10-15(11-13-16)14-6-2-1-3-7-14/h4-5,8-14H,1-3,6-7H2. The molecule has 0 saturated heterocycles. The monoisotopic (exact) mass is 337 g/mol. The van der Waals surface area contributed by atoms with Gasteiger partial charge in [-0.3, -0.25) is 0 Å². The van der Waals surface area contributed by atoms with Gasteiger partial charge in [0.25, 0.3) is 0 Å². The number of benzene rings is 2. The van der Waals surface area contributed by atoms with Crippen LogP contribution in [0, 0.1) is 4.64 Å². The topological polar surface area (TPSA) is 35.1 Å². The average molecular weight is 337 g/mol. The number of para-hydroxylation sites is 1. The number of hydrogen-bond acceptors (Lipinski definition) is 3. The Kier molecular flexibility index (Phi) is 4.07. The van der Waals surface area contributed by atoms with Gasteiger partial charge in [-0.2, -0.15) is 0 Å². The van der Waals surface area contributed by atoms with Crippen LogP contribution in [0.4, 0.5) is 0 Å². The van der Waals surface area contributed by atoms with Gasteiger partial charge in [-0.05, 0) is 48.6 Å². The normalized spacial score (nSPS) is 15.7. The Hall–Kier alpha value is -2.20. The second-order valence-corrected chi connectivity index (χ2v) is 6.82. The molecule has 0 spiro atoms. The van der Waals surface area contributed by atoms with Gasteiger partial charge in [0.2, 0.25) is 0 Å². The summed E-state index contributed by atoms with van der Waals surface area (Å²) in [6.45, 7) is 0. The van der Waals surface area contributed by atoms with Crippen LogP contribution < -0.4 is 5.76 Å². The minimum absolute atomic E-state index is 0.441. The van der Waals surface area contributed by atoms with Crippen molar-refractivity contribution in [2.24, 2.45) is 0 Å². The van der Waals surface area contributed by atoms with Gasteiger partial charge >= 0.3 is 5.76 Å². The lowest BCUT2D eigenvalue weighted by Gasteiger charge is -2.22. The van der Waals surface area contributed by atoms with Crippen LogP contribution >= 0.6 is 12.2 Å². The first-order chi connectivity index (χ1) is 11.7. The van der Waals surface area contributed by atoms with E-state index < -0.39 is 5.76 Å². The lowest BCUT2D eigenvalue weighted by atomic mass is 9.84. The zero-order valence-corrected chi connectivity index (χ0v) is 14.2. The first-order valence-corrected chi connectivity index (χ1v) is 8.90. The first-order valence-electron chi connectivity index (χ1n) is 8.49. The van der Waals surface area contributed by atoms with Crippen molar-refractivity contribution in [3.8, 4) is 5.69 Å². The highest BCUT2D eigenvalue weighted by atomic mass is 32.1. The molecule has 0 radical (unpaired) electrons. The van der Waals surface area contributed by atoms with Crippen LogP contribution in [0.25, 0.3) is 16.7 Å². The SMILES string of the molecule is O=c1oc2ccccc2c(=S)n1-c1ccc(C2CCCCC2)cc1. The predicted octanol–water partition coefficient (Wildman–Crippen LogP) is 5.36. The minimum atomic E-state index is -0.441. The van der Waals surface area contributed by atoms with Crippen molar-refractivity contribution in [2.75, 3.05) is 0 Å². The Morgan fingerprint density at radius 3 is 2.42 bits per heavy atom. The maximum absolute atomic E-state index is 12.4. The van der Waals surface area contributed by atoms with Gasteiger partial charge in [-0.1, -0.05) is 55.7 Å². The van der Waals surface area contributed by atoms with E-state index in [4.69, 9.17) is 16.6 Å². The Labute approximate surface area is 145 Å². The highest BCUT2D eigenvalue weighted by Crippen LogP contribution is 2.32. The molecule has 0 amide bonds. The molecule has 4 heteroatoms. The molecule has 2 aromatic carbocycles. The molecule has 4 rings (SSSR count). The Morgan fingerprint density at radius 1 is 0.958 bits per heavy atom. The molecule has 0 aliphatic heterocycles. The Bertz CT molecular complexity index is 979. The van der Waals surface area contributed by atoms with Crippen LogP contribution in [0.1, 0.15) is 43.6 Å². The van der Waals surface area contributed by atoms with Crippen molar-refractivity contribution in [3.05, 3.63) is 69.3 Å². The molecule has 1 saturated carbocycles. The fraction of sp³-hybridized carbons (Fsp3) is 0.300. The summed E-state index contributed by atoms with van der Waals surface area (Å²) in [4.78, 5) is 12.4. The summed E-state index contributed by atoms with van der Waals surface area (Å²) in [7, 11) is 0. The summed E-state index contributed by atoms with van der Waals surface area (Å²) in [5.41, 5.74) is 2.65. The van der Waals surface area contributed by atoms with Gasteiger partial charge in [-0.25, -0.2) is 9.36 Å². The second-order valence-electron chi connectivity index (χ2n) is 6.43. The van der Waals surface area contributed by atoms with E-state index in [0.29, 0.717) is 16.1 Å². The zero-order valence-electron chi connectivity index (χ0n) is 13.4. The van der Waals surface area contributed by atoms with E-state index in [-0.39, 0.29) is 0 Å². The third kappa shape index (κ3) is 2.71. The fourth-order valence-corrected chi connectivity index (χ4v) is 3.98. The van der Waals surface area contributed by atoms with E-state index in [1.807, 2.05) is 30.3 Å². The quantitative estimate of drug-likeness (QED) is 0.590. The number of nitrogens with zero attached hydrogens (tertiary/aromatic N) is 1. The maximum Gasteiger partial charge on any atom is 0.425 e. The van der Waals surface area contributed by atoms with Gasteiger partial charge in [0, 0.05) is 0 Å². The van der Waals surface area contributed by atoms with E-state index >= 15 is 0 Å². The molecule has 1 fully saturated rings. The molecule has 1 heterocycles. The maximum atomic E-state index is 12.4. The number of fused-ring (bicyclic) bond motifs is 1. The number of aromatic nitrogens is 1. The van der Waals surface area contributed by atoms with Crippen LogP contribution in [-0.2, 0) is 0 Å². The Balaban J connectivity index is 1.77. The zero-order chi connectivity index (χ0) is 16.5. The fourth-order valence-electron chi connectivity index (χ4n) is 3.63. The second kappa shape index (κ2) is 6.36. The third-order valence-corrected chi connectivity index (χ3v) is 5.33. The van der Waals surface area contributed by atoms with Crippen molar-refractivity contribution < 1.29 is 4.42 Å². The summed E-state index contributed by atoms with van der Waals surface area (Å²) in [5, 5.41) is 0.781. The smallest absolute Gasteiger partial charge is 0.409 e. The molecular formula is C20H19NO2S. The number of hydrogen-bond donors (Lipinski definition) is 0.